The van der Waals surface area contributed by atoms with Crippen LogP contribution in [0.3, 0.4) is 0 Å². The summed E-state index contributed by atoms with van der Waals surface area (Å²) in [7, 11) is 0. The number of nitrogens with zero attached hydrogens (tertiary/aromatic N) is 1. The summed E-state index contributed by atoms with van der Waals surface area (Å²) in [6, 6.07) is 14.6. The fourth-order valence-corrected chi connectivity index (χ4v) is 3.43. The smallest absolute Gasteiger partial charge is 0.340 e. The highest BCUT2D eigenvalue weighted by Crippen LogP contribution is 2.36. The molecule has 0 saturated heterocycles. The second-order valence-electron chi connectivity index (χ2n) is 6.52. The van der Waals surface area contributed by atoms with Crippen molar-refractivity contribution in [1.29, 1.82) is 0 Å². The average Bonchev–Trinajstić information content (AvgIpc) is 2.98. The molecule has 0 bridgehead atoms. The van der Waals surface area contributed by atoms with Crippen molar-refractivity contribution in [1.82, 2.24) is 0 Å². The summed E-state index contributed by atoms with van der Waals surface area (Å²) in [6.45, 7) is 7.75. The van der Waals surface area contributed by atoms with Crippen LogP contribution in [0.15, 0.2) is 82.5 Å². The minimum atomic E-state index is -0.514. The van der Waals surface area contributed by atoms with E-state index in [2.05, 4.69) is 22.5 Å². The van der Waals surface area contributed by atoms with Crippen LogP contribution in [-0.4, -0.2) is 25.1 Å². The third-order valence-electron chi connectivity index (χ3n) is 4.52. The van der Waals surface area contributed by atoms with E-state index in [1.165, 1.54) is 4.90 Å². The van der Waals surface area contributed by atoms with Gasteiger partial charge in [-0.1, -0.05) is 40.7 Å². The van der Waals surface area contributed by atoms with Gasteiger partial charge < -0.3 is 9.47 Å². The van der Waals surface area contributed by atoms with E-state index in [4.69, 9.17) is 9.47 Å². The molecule has 0 unspecified atom stereocenters. The summed E-state index contributed by atoms with van der Waals surface area (Å²) in [5.74, 6) is -0.0892. The molecule has 0 saturated carbocycles. The van der Waals surface area contributed by atoms with Gasteiger partial charge in [-0.05, 0) is 61.9 Å². The van der Waals surface area contributed by atoms with Crippen LogP contribution in [0, 0.1) is 0 Å². The second-order valence-corrected chi connectivity index (χ2v) is 7.44. The Morgan fingerprint density at radius 3 is 2.40 bits per heavy atom. The van der Waals surface area contributed by atoms with Crippen molar-refractivity contribution in [3.05, 3.63) is 88.1 Å². The zero-order chi connectivity index (χ0) is 21.7. The normalized spacial score (nSPS) is 15.0. The van der Waals surface area contributed by atoms with Gasteiger partial charge in [-0.25, -0.2) is 4.79 Å². The number of benzene rings is 2. The summed E-state index contributed by atoms with van der Waals surface area (Å²) in [5.41, 5.74) is 2.57. The van der Waals surface area contributed by atoms with Gasteiger partial charge in [0.1, 0.15) is 12.4 Å². The Hall–Kier alpha value is -3.12. The van der Waals surface area contributed by atoms with E-state index < -0.39 is 5.97 Å². The van der Waals surface area contributed by atoms with Crippen LogP contribution >= 0.6 is 15.9 Å². The van der Waals surface area contributed by atoms with E-state index in [9.17, 15) is 9.59 Å². The Morgan fingerprint density at radius 2 is 1.80 bits per heavy atom. The number of halogens is 1. The SMILES string of the molecule is C=CCOc1ccc(/C=C2\C(=O)N(c3ccc(Br)cc3)C(C)=C2C(=O)OCC)cc1. The monoisotopic (exact) mass is 467 g/mol. The summed E-state index contributed by atoms with van der Waals surface area (Å²) in [5, 5.41) is 0. The minimum Gasteiger partial charge on any atom is -0.490 e. The van der Waals surface area contributed by atoms with Crippen LogP contribution in [0.2, 0.25) is 0 Å². The third-order valence-corrected chi connectivity index (χ3v) is 5.05. The first-order valence-electron chi connectivity index (χ1n) is 9.50. The number of ether oxygens (including phenoxy) is 2. The molecule has 0 aromatic heterocycles. The Balaban J connectivity index is 2.01. The van der Waals surface area contributed by atoms with Gasteiger partial charge >= 0.3 is 5.97 Å². The van der Waals surface area contributed by atoms with Gasteiger partial charge in [0, 0.05) is 15.9 Å². The molecule has 1 amide bonds. The molecule has 1 aliphatic rings. The highest BCUT2D eigenvalue weighted by atomic mass is 79.9. The van der Waals surface area contributed by atoms with E-state index in [-0.39, 0.29) is 18.1 Å². The largest absolute Gasteiger partial charge is 0.490 e. The summed E-state index contributed by atoms with van der Waals surface area (Å²) < 4.78 is 11.6. The van der Waals surface area contributed by atoms with Crippen molar-refractivity contribution in [2.45, 2.75) is 13.8 Å². The fourth-order valence-electron chi connectivity index (χ4n) is 3.16. The quantitative estimate of drug-likeness (QED) is 0.315. The standard InChI is InChI=1S/C24H22BrNO4/c1-4-14-30-20-12-6-17(7-13-20)15-21-22(24(28)29-5-2)16(3)26(23(21)27)19-10-8-18(25)9-11-19/h4,6-13,15H,1,5,14H2,2-3H3/b21-15-. The number of hydrogen-bond acceptors (Lipinski definition) is 4. The lowest BCUT2D eigenvalue weighted by atomic mass is 10.0. The van der Waals surface area contributed by atoms with Crippen LogP contribution in [-0.2, 0) is 14.3 Å². The lowest BCUT2D eigenvalue weighted by molar-refractivity contribution is -0.138. The first kappa shape index (κ1) is 21.6. The molecule has 0 atom stereocenters. The van der Waals surface area contributed by atoms with Crippen molar-refractivity contribution in [3.63, 3.8) is 0 Å². The zero-order valence-electron chi connectivity index (χ0n) is 16.9. The zero-order valence-corrected chi connectivity index (χ0v) is 18.4. The van der Waals surface area contributed by atoms with Gasteiger partial charge in [0.25, 0.3) is 5.91 Å². The number of amides is 1. The molecule has 1 aliphatic heterocycles. The molecule has 2 aromatic carbocycles. The number of anilines is 1. The molecule has 154 valence electrons. The number of carbonyl (C=O) groups is 2. The molecule has 0 spiro atoms. The Kier molecular flexibility index (Phi) is 6.90. The highest BCUT2D eigenvalue weighted by Gasteiger charge is 2.38. The molecule has 1 heterocycles. The Morgan fingerprint density at radius 1 is 1.13 bits per heavy atom. The van der Waals surface area contributed by atoms with E-state index in [1.807, 2.05) is 48.5 Å². The molecule has 2 aromatic rings. The van der Waals surface area contributed by atoms with Crippen LogP contribution in [0.4, 0.5) is 5.69 Å². The molecule has 0 radical (unpaired) electrons. The number of hydrogen-bond donors (Lipinski definition) is 0. The van der Waals surface area contributed by atoms with Crippen molar-refractivity contribution < 1.29 is 19.1 Å². The predicted molar refractivity (Wildman–Crippen MR) is 121 cm³/mol. The second kappa shape index (κ2) is 9.59. The maximum absolute atomic E-state index is 13.3. The molecular weight excluding hydrogens is 446 g/mol. The molecule has 5 nitrogen and oxygen atoms in total. The van der Waals surface area contributed by atoms with E-state index in [0.29, 0.717) is 29.3 Å². The number of carbonyl (C=O) groups excluding carboxylic acids is 2. The summed E-state index contributed by atoms with van der Waals surface area (Å²) in [6.07, 6.45) is 3.37. The summed E-state index contributed by atoms with van der Waals surface area (Å²) >= 11 is 3.40. The predicted octanol–water partition coefficient (Wildman–Crippen LogP) is 5.28. The number of rotatable bonds is 7. The molecule has 0 fully saturated rings. The minimum absolute atomic E-state index is 0.227. The molecule has 6 heteroatoms. The highest BCUT2D eigenvalue weighted by molar-refractivity contribution is 9.10. The maximum Gasteiger partial charge on any atom is 0.340 e. The van der Waals surface area contributed by atoms with Gasteiger partial charge in [-0.15, -0.1) is 0 Å². The van der Waals surface area contributed by atoms with Gasteiger partial charge in [-0.3, -0.25) is 9.69 Å². The van der Waals surface area contributed by atoms with Crippen LogP contribution in [0.25, 0.3) is 6.08 Å². The van der Waals surface area contributed by atoms with Crippen molar-refractivity contribution in [3.8, 4) is 5.75 Å². The molecule has 0 N–H and O–H groups in total. The fraction of sp³-hybridized carbons (Fsp3) is 0.167. The van der Waals surface area contributed by atoms with E-state index >= 15 is 0 Å². The Bertz CT molecular complexity index is 1020. The summed E-state index contributed by atoms with van der Waals surface area (Å²) in [4.78, 5) is 27.5. The van der Waals surface area contributed by atoms with E-state index in [0.717, 1.165) is 10.0 Å². The van der Waals surface area contributed by atoms with Gasteiger partial charge in [0.05, 0.1) is 17.8 Å². The molecule has 3 rings (SSSR count). The topological polar surface area (TPSA) is 55.8 Å². The van der Waals surface area contributed by atoms with Crippen molar-refractivity contribution >= 4 is 39.6 Å². The first-order chi connectivity index (χ1) is 14.5. The molecule has 30 heavy (non-hydrogen) atoms. The number of esters is 1. The number of allylic oxidation sites excluding steroid dienone is 1. The Labute approximate surface area is 184 Å². The van der Waals surface area contributed by atoms with E-state index in [1.54, 1.807) is 26.0 Å². The molecular formula is C24H22BrNO4. The maximum atomic E-state index is 13.3. The lowest BCUT2D eigenvalue weighted by Gasteiger charge is -2.18. The lowest BCUT2D eigenvalue weighted by Crippen LogP contribution is -2.24. The van der Waals surface area contributed by atoms with Gasteiger partial charge in [-0.2, -0.15) is 0 Å². The molecule has 0 aliphatic carbocycles. The van der Waals surface area contributed by atoms with Crippen molar-refractivity contribution in [2.75, 3.05) is 18.1 Å². The average molecular weight is 468 g/mol. The van der Waals surface area contributed by atoms with Crippen LogP contribution < -0.4 is 9.64 Å². The third kappa shape index (κ3) is 4.54. The van der Waals surface area contributed by atoms with Gasteiger partial charge in [0.2, 0.25) is 0 Å². The van der Waals surface area contributed by atoms with Crippen molar-refractivity contribution in [2.24, 2.45) is 0 Å². The first-order valence-corrected chi connectivity index (χ1v) is 10.3. The van der Waals surface area contributed by atoms with Crippen LogP contribution in [0.1, 0.15) is 19.4 Å². The van der Waals surface area contributed by atoms with Crippen LogP contribution in [0.5, 0.6) is 5.75 Å². The van der Waals surface area contributed by atoms with Gasteiger partial charge in [0.15, 0.2) is 0 Å².